The largest absolute Gasteiger partial charge is 0.472 e. The summed E-state index contributed by atoms with van der Waals surface area (Å²) in [5, 5.41) is 10.5. The summed E-state index contributed by atoms with van der Waals surface area (Å²) in [6, 6.07) is 0. The van der Waals surface area contributed by atoms with E-state index in [4.69, 9.17) is 37.0 Å². The summed E-state index contributed by atoms with van der Waals surface area (Å²) < 4.78 is 68.1. The molecular formula is C66H128O17P2. The maximum Gasteiger partial charge on any atom is 0.472 e. The third-order valence-electron chi connectivity index (χ3n) is 15.9. The second-order valence-corrected chi connectivity index (χ2v) is 27.7. The van der Waals surface area contributed by atoms with Crippen LogP contribution in [0.15, 0.2) is 0 Å². The van der Waals surface area contributed by atoms with Crippen LogP contribution in [0.2, 0.25) is 0 Å². The van der Waals surface area contributed by atoms with Crippen LogP contribution in [0.5, 0.6) is 0 Å². The van der Waals surface area contributed by atoms with Gasteiger partial charge in [-0.05, 0) is 43.4 Å². The fourth-order valence-corrected chi connectivity index (χ4v) is 11.3. The van der Waals surface area contributed by atoms with Gasteiger partial charge in [0, 0.05) is 25.7 Å². The van der Waals surface area contributed by atoms with Crippen LogP contribution in [-0.4, -0.2) is 96.7 Å². The second kappa shape index (κ2) is 57.2. The zero-order valence-corrected chi connectivity index (χ0v) is 56.9. The van der Waals surface area contributed by atoms with Gasteiger partial charge in [0.25, 0.3) is 0 Å². The average molecular weight is 1260 g/mol. The number of carbonyl (C=O) groups excluding carboxylic acids is 4. The summed E-state index contributed by atoms with van der Waals surface area (Å²) >= 11 is 0. The van der Waals surface area contributed by atoms with E-state index < -0.39 is 97.5 Å². The highest BCUT2D eigenvalue weighted by Gasteiger charge is 2.30. The zero-order valence-electron chi connectivity index (χ0n) is 55.1. The molecule has 4 unspecified atom stereocenters. The van der Waals surface area contributed by atoms with Gasteiger partial charge in [-0.15, -0.1) is 0 Å². The van der Waals surface area contributed by atoms with Crippen molar-refractivity contribution >= 4 is 39.5 Å². The van der Waals surface area contributed by atoms with Crippen LogP contribution < -0.4 is 0 Å². The van der Waals surface area contributed by atoms with Gasteiger partial charge in [-0.25, -0.2) is 9.13 Å². The van der Waals surface area contributed by atoms with Crippen molar-refractivity contribution in [1.29, 1.82) is 0 Å². The lowest BCUT2D eigenvalue weighted by Crippen LogP contribution is -2.30. The highest BCUT2D eigenvalue weighted by Crippen LogP contribution is 2.45. The molecule has 0 bridgehead atoms. The van der Waals surface area contributed by atoms with Crippen molar-refractivity contribution in [3.05, 3.63) is 0 Å². The molecule has 0 amide bonds. The lowest BCUT2D eigenvalue weighted by Gasteiger charge is -2.21. The van der Waals surface area contributed by atoms with Crippen molar-refractivity contribution in [2.45, 2.75) is 343 Å². The van der Waals surface area contributed by atoms with Crippen LogP contribution in [0, 0.1) is 17.8 Å². The van der Waals surface area contributed by atoms with E-state index in [0.29, 0.717) is 25.7 Å². The summed E-state index contributed by atoms with van der Waals surface area (Å²) in [6.07, 6.45) is 38.9. The predicted molar refractivity (Wildman–Crippen MR) is 340 cm³/mol. The first kappa shape index (κ1) is 83.1. The number of hydrogen-bond acceptors (Lipinski definition) is 15. The molecule has 504 valence electrons. The molecule has 0 aromatic rings. The number of phosphoric acid groups is 2. The van der Waals surface area contributed by atoms with Gasteiger partial charge in [0.1, 0.15) is 19.3 Å². The van der Waals surface area contributed by atoms with E-state index >= 15 is 0 Å². The maximum atomic E-state index is 13.0. The topological polar surface area (TPSA) is 237 Å². The number of aliphatic hydroxyl groups is 1. The SMILES string of the molecule is CCCCCCCCCCC(=O)OC[C@H](COP(=O)(O)OC[C@H](O)COP(=O)(O)OC[C@@H](COC(=O)CCCCCCCCCCC(C)CC)OC(=O)CCCCCCCCCCCCC(C)CC)OC(=O)CCCCCCCCCCC(C)C. The molecule has 0 saturated heterocycles. The lowest BCUT2D eigenvalue weighted by molar-refractivity contribution is -0.161. The fraction of sp³-hybridized carbons (Fsp3) is 0.939. The van der Waals surface area contributed by atoms with E-state index in [-0.39, 0.29) is 25.7 Å². The van der Waals surface area contributed by atoms with E-state index in [0.717, 1.165) is 114 Å². The zero-order chi connectivity index (χ0) is 63.1. The second-order valence-electron chi connectivity index (χ2n) is 24.8. The normalized spacial score (nSPS) is 15.0. The molecule has 3 N–H and O–H groups in total. The molecule has 19 heteroatoms. The molecule has 0 radical (unpaired) electrons. The summed E-state index contributed by atoms with van der Waals surface area (Å²) in [5.74, 6) is 0.163. The Balaban J connectivity index is 5.25. The van der Waals surface area contributed by atoms with Crippen LogP contribution in [0.25, 0.3) is 0 Å². The summed E-state index contributed by atoms with van der Waals surface area (Å²) in [5.41, 5.74) is 0. The van der Waals surface area contributed by atoms with Gasteiger partial charge in [-0.2, -0.15) is 0 Å². The average Bonchev–Trinajstić information content (AvgIpc) is 3.52. The number of phosphoric ester groups is 2. The van der Waals surface area contributed by atoms with Crippen LogP contribution in [0.1, 0.15) is 325 Å². The third kappa shape index (κ3) is 58.2. The monoisotopic (exact) mass is 1250 g/mol. The third-order valence-corrected chi connectivity index (χ3v) is 17.8. The Hall–Kier alpha value is -1.94. The van der Waals surface area contributed by atoms with Gasteiger partial charge in [-0.1, -0.05) is 273 Å². The summed E-state index contributed by atoms with van der Waals surface area (Å²) in [7, 11) is -9.89. The molecule has 0 heterocycles. The smallest absolute Gasteiger partial charge is 0.462 e. The van der Waals surface area contributed by atoms with Crippen LogP contribution in [-0.2, 0) is 65.4 Å². The standard InChI is InChI=1S/C66H128O17P2/c1-8-11-12-13-14-26-33-40-47-63(68)76-53-61(83-66(71)50-43-36-29-21-19-23-30-37-44-57(4)5)55-80-84(72,73)78-51-60(67)52-79-85(74,75)81-56-62(54-77-64(69)48-41-34-27-22-20-25-32-39-46-59(7)10-3)82-65(70)49-42-35-28-18-16-15-17-24-31-38-45-58(6)9-2/h57-62,67H,8-56H2,1-7H3,(H,72,73)(H,74,75)/t58?,59?,60-,61+,62+/m0/s1. The van der Waals surface area contributed by atoms with Gasteiger partial charge < -0.3 is 33.8 Å². The van der Waals surface area contributed by atoms with Crippen LogP contribution >= 0.6 is 15.6 Å². The molecule has 0 spiro atoms. The number of rotatable bonds is 64. The molecule has 0 aromatic heterocycles. The molecule has 17 nitrogen and oxygen atoms in total. The molecule has 0 aliphatic carbocycles. The minimum atomic E-state index is -4.95. The molecule has 0 rings (SSSR count). The minimum Gasteiger partial charge on any atom is -0.462 e. The molecule has 0 aromatic carbocycles. The molecule has 7 atom stereocenters. The molecule has 0 aliphatic heterocycles. The Bertz CT molecular complexity index is 1690. The number of ether oxygens (including phenoxy) is 4. The number of hydrogen-bond donors (Lipinski definition) is 3. The number of carbonyl (C=O) groups is 4. The minimum absolute atomic E-state index is 0.104. The van der Waals surface area contributed by atoms with E-state index in [1.807, 2.05) is 0 Å². The Morgan fingerprint density at radius 1 is 0.341 bits per heavy atom. The quantitative estimate of drug-likeness (QED) is 0.0222. The Morgan fingerprint density at radius 3 is 0.894 bits per heavy atom. The molecule has 0 aliphatic rings. The van der Waals surface area contributed by atoms with Crippen molar-refractivity contribution < 1.29 is 80.2 Å². The maximum absolute atomic E-state index is 13.0. The van der Waals surface area contributed by atoms with E-state index in [2.05, 4.69) is 48.5 Å². The first-order chi connectivity index (χ1) is 40.8. The Kier molecular flexibility index (Phi) is 55.9. The van der Waals surface area contributed by atoms with Crippen LogP contribution in [0.3, 0.4) is 0 Å². The Morgan fingerprint density at radius 2 is 0.600 bits per heavy atom. The molecular weight excluding hydrogens is 1130 g/mol. The highest BCUT2D eigenvalue weighted by molar-refractivity contribution is 7.47. The lowest BCUT2D eigenvalue weighted by atomic mass is 9.99. The summed E-state index contributed by atoms with van der Waals surface area (Å²) in [4.78, 5) is 72.3. The molecule has 0 saturated carbocycles. The highest BCUT2D eigenvalue weighted by atomic mass is 31.2. The van der Waals surface area contributed by atoms with Crippen molar-refractivity contribution in [3.8, 4) is 0 Å². The van der Waals surface area contributed by atoms with Gasteiger partial charge in [-0.3, -0.25) is 37.3 Å². The van der Waals surface area contributed by atoms with E-state index in [9.17, 15) is 43.2 Å². The van der Waals surface area contributed by atoms with Crippen molar-refractivity contribution in [2.75, 3.05) is 39.6 Å². The van der Waals surface area contributed by atoms with Crippen LogP contribution in [0.4, 0.5) is 0 Å². The molecule has 0 fully saturated rings. The van der Waals surface area contributed by atoms with Crippen molar-refractivity contribution in [3.63, 3.8) is 0 Å². The van der Waals surface area contributed by atoms with E-state index in [1.54, 1.807) is 0 Å². The predicted octanol–water partition coefficient (Wildman–Crippen LogP) is 18.3. The van der Waals surface area contributed by atoms with Gasteiger partial charge in [0.15, 0.2) is 12.2 Å². The van der Waals surface area contributed by atoms with Crippen molar-refractivity contribution in [1.82, 2.24) is 0 Å². The number of unbranched alkanes of at least 4 members (excludes halogenated alkanes) is 30. The van der Waals surface area contributed by atoms with Gasteiger partial charge in [0.2, 0.25) is 0 Å². The first-order valence-corrected chi connectivity index (χ1v) is 37.4. The number of esters is 4. The Labute approximate surface area is 517 Å². The first-order valence-electron chi connectivity index (χ1n) is 34.4. The molecule has 85 heavy (non-hydrogen) atoms. The fourth-order valence-electron chi connectivity index (χ4n) is 9.77. The summed E-state index contributed by atoms with van der Waals surface area (Å²) in [6.45, 7) is 11.8. The van der Waals surface area contributed by atoms with Gasteiger partial charge >= 0.3 is 39.5 Å². The van der Waals surface area contributed by atoms with Gasteiger partial charge in [0.05, 0.1) is 26.4 Å². The van der Waals surface area contributed by atoms with Crippen molar-refractivity contribution in [2.24, 2.45) is 17.8 Å². The number of aliphatic hydroxyl groups excluding tert-OH is 1. The van der Waals surface area contributed by atoms with E-state index in [1.165, 1.54) is 128 Å².